The fourth-order valence-corrected chi connectivity index (χ4v) is 1.97. The third-order valence-corrected chi connectivity index (χ3v) is 2.97. The first-order valence-electron chi connectivity index (χ1n) is 5.37. The molecular weight excluding hydrogens is 295 g/mol. The van der Waals surface area contributed by atoms with Gasteiger partial charge in [-0.2, -0.15) is 5.26 Å². The first-order valence-corrected chi connectivity index (χ1v) is 6.16. The summed E-state index contributed by atoms with van der Waals surface area (Å²) < 4.78 is 13.9. The summed E-state index contributed by atoms with van der Waals surface area (Å²) in [5.41, 5.74) is 2.13. The summed E-state index contributed by atoms with van der Waals surface area (Å²) >= 11 is 3.31. The highest BCUT2D eigenvalue weighted by molar-refractivity contribution is 9.10. The Morgan fingerprint density at radius 3 is 2.78 bits per heavy atom. The zero-order chi connectivity index (χ0) is 13.0. The first-order chi connectivity index (χ1) is 8.69. The van der Waals surface area contributed by atoms with Gasteiger partial charge in [-0.1, -0.05) is 28.1 Å². The lowest BCUT2D eigenvalue weighted by Crippen LogP contribution is -2.01. The highest BCUT2D eigenvalue weighted by Gasteiger charge is 2.02. The van der Waals surface area contributed by atoms with E-state index in [1.165, 1.54) is 12.1 Å². The van der Waals surface area contributed by atoms with Crippen molar-refractivity contribution in [2.24, 2.45) is 0 Å². The van der Waals surface area contributed by atoms with Crippen molar-refractivity contribution >= 4 is 21.6 Å². The molecular formula is C14H10BrFN2. The lowest BCUT2D eigenvalue weighted by atomic mass is 10.1. The van der Waals surface area contributed by atoms with Gasteiger partial charge in [0.2, 0.25) is 0 Å². The number of nitrogens with one attached hydrogen (secondary N) is 1. The van der Waals surface area contributed by atoms with E-state index in [9.17, 15) is 4.39 Å². The summed E-state index contributed by atoms with van der Waals surface area (Å²) in [6.45, 7) is 0.480. The predicted molar refractivity (Wildman–Crippen MR) is 72.6 cm³/mol. The Balaban J connectivity index is 2.14. The smallest absolute Gasteiger partial charge is 0.123 e. The van der Waals surface area contributed by atoms with Gasteiger partial charge in [-0.3, -0.25) is 0 Å². The van der Waals surface area contributed by atoms with Gasteiger partial charge in [0, 0.05) is 11.0 Å². The molecule has 0 spiro atoms. The number of nitrogens with zero attached hydrogens (tertiary/aromatic N) is 1. The van der Waals surface area contributed by atoms with Crippen molar-refractivity contribution in [2.45, 2.75) is 6.54 Å². The molecule has 0 saturated carbocycles. The fourth-order valence-electron chi connectivity index (χ4n) is 1.61. The van der Waals surface area contributed by atoms with E-state index < -0.39 is 0 Å². The van der Waals surface area contributed by atoms with Gasteiger partial charge >= 0.3 is 0 Å². The lowest BCUT2D eigenvalue weighted by Gasteiger charge is -2.08. The van der Waals surface area contributed by atoms with Crippen LogP contribution in [0.4, 0.5) is 10.1 Å². The van der Waals surface area contributed by atoms with Crippen LogP contribution in [0, 0.1) is 17.1 Å². The molecule has 0 radical (unpaired) electrons. The number of benzene rings is 2. The van der Waals surface area contributed by atoms with Crippen molar-refractivity contribution < 1.29 is 4.39 Å². The predicted octanol–water partition coefficient (Wildman–Crippen LogP) is 4.07. The van der Waals surface area contributed by atoms with Crippen molar-refractivity contribution in [3.63, 3.8) is 0 Å². The molecule has 0 aromatic heterocycles. The summed E-state index contributed by atoms with van der Waals surface area (Å²) in [5.74, 6) is -0.259. The monoisotopic (exact) mass is 304 g/mol. The molecule has 0 aliphatic heterocycles. The summed E-state index contributed by atoms with van der Waals surface area (Å²) in [6.07, 6.45) is 0. The van der Waals surface area contributed by atoms with Crippen LogP contribution in [0.2, 0.25) is 0 Å². The molecule has 2 aromatic carbocycles. The van der Waals surface area contributed by atoms with Crippen molar-refractivity contribution in [3.8, 4) is 6.07 Å². The van der Waals surface area contributed by atoms with Crippen LogP contribution in [-0.2, 0) is 6.54 Å². The Bertz CT molecular complexity index is 605. The van der Waals surface area contributed by atoms with Gasteiger partial charge in [0.05, 0.1) is 11.3 Å². The number of rotatable bonds is 3. The van der Waals surface area contributed by atoms with E-state index in [0.717, 1.165) is 15.7 Å². The fraction of sp³-hybridized carbons (Fsp3) is 0.0714. The molecule has 0 heterocycles. The normalized spacial score (nSPS) is 9.83. The molecule has 4 heteroatoms. The number of hydrogen-bond donors (Lipinski definition) is 1. The molecule has 2 aromatic rings. The molecule has 0 amide bonds. The number of hydrogen-bond acceptors (Lipinski definition) is 2. The van der Waals surface area contributed by atoms with Crippen LogP contribution in [0.5, 0.6) is 0 Å². The molecule has 1 N–H and O–H groups in total. The van der Waals surface area contributed by atoms with Gasteiger partial charge in [-0.25, -0.2) is 4.39 Å². The van der Waals surface area contributed by atoms with E-state index in [1.54, 1.807) is 12.1 Å². The van der Waals surface area contributed by atoms with Crippen LogP contribution >= 0.6 is 15.9 Å². The SMILES string of the molecule is N#Cc1cc(Br)ccc1NCc1cccc(F)c1. The van der Waals surface area contributed by atoms with Gasteiger partial charge in [0.25, 0.3) is 0 Å². The molecule has 2 rings (SSSR count). The molecule has 0 saturated heterocycles. The van der Waals surface area contributed by atoms with Crippen LogP contribution < -0.4 is 5.32 Å². The highest BCUT2D eigenvalue weighted by atomic mass is 79.9. The minimum absolute atomic E-state index is 0.259. The molecule has 18 heavy (non-hydrogen) atoms. The van der Waals surface area contributed by atoms with Gasteiger partial charge in [-0.15, -0.1) is 0 Å². The zero-order valence-corrected chi connectivity index (χ0v) is 11.0. The topological polar surface area (TPSA) is 35.8 Å². The van der Waals surface area contributed by atoms with E-state index in [-0.39, 0.29) is 5.82 Å². The van der Waals surface area contributed by atoms with Crippen LogP contribution in [-0.4, -0.2) is 0 Å². The largest absolute Gasteiger partial charge is 0.380 e. The second kappa shape index (κ2) is 5.65. The zero-order valence-electron chi connectivity index (χ0n) is 9.45. The van der Waals surface area contributed by atoms with Crippen LogP contribution in [0.15, 0.2) is 46.9 Å². The molecule has 90 valence electrons. The van der Waals surface area contributed by atoms with Gasteiger partial charge in [0.15, 0.2) is 0 Å². The number of anilines is 1. The summed E-state index contributed by atoms with van der Waals surface area (Å²) in [4.78, 5) is 0. The second-order valence-corrected chi connectivity index (χ2v) is 4.70. The third kappa shape index (κ3) is 3.08. The Labute approximate surface area is 113 Å². The molecule has 0 unspecified atom stereocenters. The van der Waals surface area contributed by atoms with E-state index in [2.05, 4.69) is 27.3 Å². The third-order valence-electron chi connectivity index (χ3n) is 2.47. The van der Waals surface area contributed by atoms with Crippen LogP contribution in [0.1, 0.15) is 11.1 Å². The number of nitriles is 1. The molecule has 0 bridgehead atoms. The van der Waals surface area contributed by atoms with Crippen molar-refractivity contribution in [1.29, 1.82) is 5.26 Å². The van der Waals surface area contributed by atoms with Gasteiger partial charge in [-0.05, 0) is 35.9 Å². The van der Waals surface area contributed by atoms with Gasteiger partial charge < -0.3 is 5.32 Å². The van der Waals surface area contributed by atoms with Gasteiger partial charge in [0.1, 0.15) is 11.9 Å². The standard InChI is InChI=1S/C14H10BrFN2/c15-12-4-5-14(11(7-12)8-17)18-9-10-2-1-3-13(16)6-10/h1-7,18H,9H2. The van der Waals surface area contributed by atoms with Crippen LogP contribution in [0.25, 0.3) is 0 Å². The molecule has 0 fully saturated rings. The van der Waals surface area contributed by atoms with E-state index >= 15 is 0 Å². The van der Waals surface area contributed by atoms with E-state index in [4.69, 9.17) is 5.26 Å². The summed E-state index contributed by atoms with van der Waals surface area (Å²) in [5, 5.41) is 12.1. The summed E-state index contributed by atoms with van der Waals surface area (Å²) in [7, 11) is 0. The minimum atomic E-state index is -0.259. The second-order valence-electron chi connectivity index (χ2n) is 3.79. The molecule has 0 aliphatic rings. The average molecular weight is 305 g/mol. The lowest BCUT2D eigenvalue weighted by molar-refractivity contribution is 0.626. The van der Waals surface area contributed by atoms with E-state index in [1.807, 2.05) is 18.2 Å². The maximum absolute atomic E-state index is 13.0. The Kier molecular flexibility index (Phi) is 3.96. The minimum Gasteiger partial charge on any atom is -0.380 e. The Hall–Kier alpha value is -1.86. The maximum Gasteiger partial charge on any atom is 0.123 e. The van der Waals surface area contributed by atoms with Crippen LogP contribution in [0.3, 0.4) is 0 Å². The van der Waals surface area contributed by atoms with Crippen molar-refractivity contribution in [1.82, 2.24) is 0 Å². The average Bonchev–Trinajstić information content (AvgIpc) is 2.37. The molecule has 0 aliphatic carbocycles. The van der Waals surface area contributed by atoms with Crippen molar-refractivity contribution in [2.75, 3.05) is 5.32 Å². The quantitative estimate of drug-likeness (QED) is 0.927. The molecule has 0 atom stereocenters. The van der Waals surface area contributed by atoms with E-state index in [0.29, 0.717) is 12.1 Å². The summed E-state index contributed by atoms with van der Waals surface area (Å²) in [6, 6.07) is 13.9. The Morgan fingerprint density at radius 1 is 1.22 bits per heavy atom. The highest BCUT2D eigenvalue weighted by Crippen LogP contribution is 2.20. The Morgan fingerprint density at radius 2 is 2.06 bits per heavy atom. The first kappa shape index (κ1) is 12.6. The number of halogens is 2. The maximum atomic E-state index is 13.0. The van der Waals surface area contributed by atoms with Crippen molar-refractivity contribution in [3.05, 3.63) is 63.9 Å². The molecule has 2 nitrogen and oxygen atoms in total.